The quantitative estimate of drug-likeness (QED) is 0.534. The fraction of sp³-hybridized carbons (Fsp3) is 0.889. The van der Waals surface area contributed by atoms with Gasteiger partial charge in [-0.1, -0.05) is 0 Å². The van der Waals surface area contributed by atoms with E-state index in [1.807, 2.05) is 0 Å². The monoisotopic (exact) mass is 219 g/mol. The molecule has 3 N–H and O–H groups in total. The number of aliphatic hydroxyl groups is 1. The molecule has 0 radical (unpaired) electrons. The molecule has 0 aromatic heterocycles. The summed E-state index contributed by atoms with van der Waals surface area (Å²) in [6.07, 6.45) is 0.368. The Kier molecular flexibility index (Phi) is 4.97. The maximum absolute atomic E-state index is 11.0. The van der Waals surface area contributed by atoms with Gasteiger partial charge in [0.15, 0.2) is 0 Å². The SMILES string of the molecule is COC(O)NC(C(=O)O)C1CCCOC1. The molecule has 1 fully saturated rings. The first-order valence-corrected chi connectivity index (χ1v) is 4.92. The standard InChI is InChI=1S/C9H17NO5/c1-14-9(13)10-7(8(11)12)6-3-2-4-15-5-6/h6-7,9-10,13H,2-5H2,1H3,(H,11,12). The molecule has 1 heterocycles. The van der Waals surface area contributed by atoms with Crippen molar-refractivity contribution in [3.05, 3.63) is 0 Å². The normalized spacial score (nSPS) is 25.9. The van der Waals surface area contributed by atoms with Gasteiger partial charge in [0.25, 0.3) is 0 Å². The number of rotatable bonds is 5. The van der Waals surface area contributed by atoms with E-state index in [2.05, 4.69) is 10.1 Å². The Labute approximate surface area is 88.2 Å². The van der Waals surface area contributed by atoms with Gasteiger partial charge < -0.3 is 19.7 Å². The molecule has 15 heavy (non-hydrogen) atoms. The first-order valence-electron chi connectivity index (χ1n) is 4.92. The summed E-state index contributed by atoms with van der Waals surface area (Å²) >= 11 is 0. The van der Waals surface area contributed by atoms with Gasteiger partial charge >= 0.3 is 5.97 Å². The number of hydrogen-bond acceptors (Lipinski definition) is 5. The molecular formula is C9H17NO5. The van der Waals surface area contributed by atoms with Crippen LogP contribution in [0.1, 0.15) is 12.8 Å². The van der Waals surface area contributed by atoms with Gasteiger partial charge in [0.05, 0.1) is 6.61 Å². The van der Waals surface area contributed by atoms with E-state index in [-0.39, 0.29) is 5.92 Å². The Hall–Kier alpha value is -0.690. The first-order chi connectivity index (χ1) is 7.15. The predicted octanol–water partition coefficient (Wildman–Crippen LogP) is -0.622. The fourth-order valence-corrected chi connectivity index (χ4v) is 1.66. The average Bonchev–Trinajstić information content (AvgIpc) is 2.26. The van der Waals surface area contributed by atoms with Crippen LogP contribution in [0.4, 0.5) is 0 Å². The average molecular weight is 219 g/mol. The molecule has 0 saturated carbocycles. The zero-order chi connectivity index (χ0) is 11.3. The zero-order valence-electron chi connectivity index (χ0n) is 8.68. The van der Waals surface area contributed by atoms with Crippen LogP contribution >= 0.6 is 0 Å². The van der Waals surface area contributed by atoms with E-state index in [9.17, 15) is 9.90 Å². The highest BCUT2D eigenvalue weighted by Crippen LogP contribution is 2.18. The van der Waals surface area contributed by atoms with Gasteiger partial charge in [0.2, 0.25) is 6.41 Å². The van der Waals surface area contributed by atoms with Crippen LogP contribution < -0.4 is 5.32 Å². The van der Waals surface area contributed by atoms with Crippen molar-refractivity contribution < 1.29 is 24.5 Å². The van der Waals surface area contributed by atoms with Gasteiger partial charge in [-0.05, 0) is 12.8 Å². The number of aliphatic carboxylic acids is 1. The summed E-state index contributed by atoms with van der Waals surface area (Å²) in [5.74, 6) is -1.12. The Morgan fingerprint density at radius 1 is 1.67 bits per heavy atom. The largest absolute Gasteiger partial charge is 0.480 e. The molecule has 1 aliphatic heterocycles. The predicted molar refractivity (Wildman–Crippen MR) is 51.1 cm³/mol. The minimum Gasteiger partial charge on any atom is -0.480 e. The van der Waals surface area contributed by atoms with E-state index < -0.39 is 18.4 Å². The topological polar surface area (TPSA) is 88.0 Å². The number of hydrogen-bond donors (Lipinski definition) is 3. The van der Waals surface area contributed by atoms with E-state index in [0.29, 0.717) is 13.2 Å². The number of nitrogens with one attached hydrogen (secondary N) is 1. The lowest BCUT2D eigenvalue weighted by molar-refractivity contribution is -0.152. The van der Waals surface area contributed by atoms with Crippen molar-refractivity contribution in [2.75, 3.05) is 20.3 Å². The molecule has 3 unspecified atom stereocenters. The second-order valence-corrected chi connectivity index (χ2v) is 3.55. The molecule has 0 aromatic rings. The van der Waals surface area contributed by atoms with Crippen LogP contribution in [0.25, 0.3) is 0 Å². The third-order valence-corrected chi connectivity index (χ3v) is 2.48. The summed E-state index contributed by atoms with van der Waals surface area (Å²) in [5.41, 5.74) is 0. The van der Waals surface area contributed by atoms with Crippen LogP contribution in [0.2, 0.25) is 0 Å². The Morgan fingerprint density at radius 3 is 2.87 bits per heavy atom. The Morgan fingerprint density at radius 2 is 2.40 bits per heavy atom. The molecule has 0 bridgehead atoms. The third kappa shape index (κ3) is 3.75. The van der Waals surface area contributed by atoms with E-state index >= 15 is 0 Å². The molecule has 0 amide bonds. The van der Waals surface area contributed by atoms with Crippen molar-refractivity contribution in [1.29, 1.82) is 0 Å². The summed E-state index contributed by atoms with van der Waals surface area (Å²) in [7, 11) is 1.30. The number of ether oxygens (including phenoxy) is 2. The van der Waals surface area contributed by atoms with E-state index in [1.165, 1.54) is 7.11 Å². The molecular weight excluding hydrogens is 202 g/mol. The van der Waals surface area contributed by atoms with Gasteiger partial charge in [-0.25, -0.2) is 0 Å². The summed E-state index contributed by atoms with van der Waals surface area (Å²) in [4.78, 5) is 11.0. The van der Waals surface area contributed by atoms with Crippen molar-refractivity contribution in [3.63, 3.8) is 0 Å². The maximum Gasteiger partial charge on any atom is 0.321 e. The molecule has 3 atom stereocenters. The van der Waals surface area contributed by atoms with Crippen molar-refractivity contribution in [2.24, 2.45) is 5.92 Å². The molecule has 1 aliphatic rings. The van der Waals surface area contributed by atoms with Gasteiger partial charge in [0, 0.05) is 19.6 Å². The molecule has 0 spiro atoms. The van der Waals surface area contributed by atoms with Gasteiger partial charge in [-0.15, -0.1) is 0 Å². The highest BCUT2D eigenvalue weighted by atomic mass is 16.6. The van der Waals surface area contributed by atoms with Crippen LogP contribution in [0.5, 0.6) is 0 Å². The molecule has 0 aliphatic carbocycles. The second kappa shape index (κ2) is 6.02. The molecule has 88 valence electrons. The molecule has 0 aromatic carbocycles. The summed E-state index contributed by atoms with van der Waals surface area (Å²) in [6.45, 7) is 1.08. The second-order valence-electron chi connectivity index (χ2n) is 3.55. The number of aliphatic hydroxyl groups excluding tert-OH is 1. The minimum absolute atomic E-state index is 0.124. The smallest absolute Gasteiger partial charge is 0.321 e. The van der Waals surface area contributed by atoms with Crippen molar-refractivity contribution >= 4 is 5.97 Å². The van der Waals surface area contributed by atoms with E-state index in [4.69, 9.17) is 9.84 Å². The molecule has 1 rings (SSSR count). The van der Waals surface area contributed by atoms with E-state index in [1.54, 1.807) is 0 Å². The zero-order valence-corrected chi connectivity index (χ0v) is 8.68. The Balaban J connectivity index is 2.51. The van der Waals surface area contributed by atoms with Crippen LogP contribution in [0.15, 0.2) is 0 Å². The number of carbonyl (C=O) groups is 1. The van der Waals surface area contributed by atoms with Crippen LogP contribution in [-0.2, 0) is 14.3 Å². The van der Waals surface area contributed by atoms with Crippen molar-refractivity contribution in [3.8, 4) is 0 Å². The van der Waals surface area contributed by atoms with Crippen molar-refractivity contribution in [2.45, 2.75) is 25.3 Å². The first kappa shape index (κ1) is 12.4. The number of carboxylic acid groups (broad SMARTS) is 1. The van der Waals surface area contributed by atoms with Gasteiger partial charge in [-0.3, -0.25) is 10.1 Å². The fourth-order valence-electron chi connectivity index (χ4n) is 1.66. The Bertz CT molecular complexity index is 205. The van der Waals surface area contributed by atoms with Crippen LogP contribution in [0.3, 0.4) is 0 Å². The lowest BCUT2D eigenvalue weighted by Crippen LogP contribution is -2.50. The van der Waals surface area contributed by atoms with E-state index in [0.717, 1.165) is 12.8 Å². The highest BCUT2D eigenvalue weighted by Gasteiger charge is 2.31. The van der Waals surface area contributed by atoms with Gasteiger partial charge in [0.1, 0.15) is 6.04 Å². The summed E-state index contributed by atoms with van der Waals surface area (Å²) < 4.78 is 9.76. The molecule has 6 heteroatoms. The molecule has 6 nitrogen and oxygen atoms in total. The number of carboxylic acids is 1. The molecule has 1 saturated heterocycles. The van der Waals surface area contributed by atoms with Gasteiger partial charge in [-0.2, -0.15) is 0 Å². The van der Waals surface area contributed by atoms with Crippen LogP contribution in [0, 0.1) is 5.92 Å². The summed E-state index contributed by atoms with van der Waals surface area (Å²) in [6, 6.07) is -0.833. The highest BCUT2D eigenvalue weighted by molar-refractivity contribution is 5.73. The maximum atomic E-state index is 11.0. The van der Waals surface area contributed by atoms with Crippen LogP contribution in [-0.4, -0.2) is 49.0 Å². The lowest BCUT2D eigenvalue weighted by atomic mass is 9.94. The van der Waals surface area contributed by atoms with Crippen molar-refractivity contribution in [1.82, 2.24) is 5.32 Å². The summed E-state index contributed by atoms with van der Waals surface area (Å²) in [5, 5.41) is 20.6. The number of methoxy groups -OCH3 is 1. The lowest BCUT2D eigenvalue weighted by Gasteiger charge is -2.29. The third-order valence-electron chi connectivity index (χ3n) is 2.48. The minimum atomic E-state index is -1.26.